The van der Waals surface area contributed by atoms with E-state index in [2.05, 4.69) is 6.07 Å². The van der Waals surface area contributed by atoms with Crippen LogP contribution >= 0.6 is 11.6 Å². The van der Waals surface area contributed by atoms with Crippen LogP contribution in [0.15, 0.2) is 78.9 Å². The molecule has 37 heavy (non-hydrogen) atoms. The van der Waals surface area contributed by atoms with Gasteiger partial charge in [0, 0.05) is 34.3 Å². The number of nitro groups is 1. The number of Topliss-reactive ketones (excluding diaryl/α,β-unsaturated/α-hetero) is 1. The number of non-ortho nitro benzene ring substituents is 1. The molecule has 1 saturated heterocycles. The SMILES string of the molecule is COC(=O)[C@]1(C#N)[C@@H]2C=Cc3ccccc3N2[C@@H](C(=O)c2ccc(Cl)cc2)[C@@H]1c1ccc([N+](=O)[O-])cc1. The Morgan fingerprint density at radius 1 is 1.08 bits per heavy atom. The number of nitrogens with zero attached hydrogens (tertiary/aromatic N) is 3. The number of ketones is 1. The molecule has 0 spiro atoms. The van der Waals surface area contributed by atoms with Crippen LogP contribution in [0.2, 0.25) is 5.02 Å². The van der Waals surface area contributed by atoms with Crippen molar-refractivity contribution in [1.82, 2.24) is 0 Å². The number of methoxy groups -OCH3 is 1. The lowest BCUT2D eigenvalue weighted by Gasteiger charge is -2.36. The number of nitriles is 1. The van der Waals surface area contributed by atoms with E-state index in [1.165, 1.54) is 31.4 Å². The van der Waals surface area contributed by atoms with Crippen LogP contribution in [-0.4, -0.2) is 35.9 Å². The lowest BCUT2D eigenvalue weighted by Crippen LogP contribution is -2.46. The van der Waals surface area contributed by atoms with Gasteiger partial charge in [0.25, 0.3) is 5.69 Å². The number of carbonyl (C=O) groups excluding carboxylic acids is 2. The molecule has 0 radical (unpaired) electrons. The van der Waals surface area contributed by atoms with Gasteiger partial charge in [0.05, 0.1) is 24.1 Å². The van der Waals surface area contributed by atoms with Crippen molar-refractivity contribution in [3.05, 3.63) is 111 Å². The van der Waals surface area contributed by atoms with Crippen molar-refractivity contribution < 1.29 is 19.2 Å². The summed E-state index contributed by atoms with van der Waals surface area (Å²) in [6, 6.07) is 19.8. The van der Waals surface area contributed by atoms with Gasteiger partial charge in [0.2, 0.25) is 0 Å². The summed E-state index contributed by atoms with van der Waals surface area (Å²) in [6.07, 6.45) is 3.57. The van der Waals surface area contributed by atoms with Gasteiger partial charge in [-0.1, -0.05) is 54.1 Å². The Morgan fingerprint density at radius 2 is 1.76 bits per heavy atom. The van der Waals surface area contributed by atoms with Crippen LogP contribution in [0, 0.1) is 26.9 Å². The molecular formula is C28H20ClN3O5. The summed E-state index contributed by atoms with van der Waals surface area (Å²) in [5.74, 6) is -2.12. The van der Waals surface area contributed by atoms with Crippen molar-refractivity contribution in [2.45, 2.75) is 18.0 Å². The summed E-state index contributed by atoms with van der Waals surface area (Å²) in [7, 11) is 1.20. The van der Waals surface area contributed by atoms with E-state index >= 15 is 0 Å². The highest BCUT2D eigenvalue weighted by molar-refractivity contribution is 6.30. The molecule has 4 atom stereocenters. The molecule has 0 aliphatic carbocycles. The number of halogens is 1. The Hall–Kier alpha value is -4.48. The number of para-hydroxylation sites is 1. The van der Waals surface area contributed by atoms with E-state index in [4.69, 9.17) is 16.3 Å². The second-order valence-electron chi connectivity index (χ2n) is 8.88. The van der Waals surface area contributed by atoms with Gasteiger partial charge in [-0.2, -0.15) is 5.26 Å². The van der Waals surface area contributed by atoms with Crippen molar-refractivity contribution in [3.8, 4) is 6.07 Å². The maximum atomic E-state index is 14.2. The molecular weight excluding hydrogens is 494 g/mol. The van der Waals surface area contributed by atoms with E-state index in [-0.39, 0.29) is 11.5 Å². The van der Waals surface area contributed by atoms with Crippen molar-refractivity contribution in [3.63, 3.8) is 0 Å². The topological polar surface area (TPSA) is 114 Å². The van der Waals surface area contributed by atoms with Crippen LogP contribution < -0.4 is 4.90 Å². The Kier molecular flexibility index (Phi) is 6.02. The summed E-state index contributed by atoms with van der Waals surface area (Å²) in [5.41, 5.74) is 0.340. The lowest BCUT2D eigenvalue weighted by molar-refractivity contribution is -0.384. The zero-order chi connectivity index (χ0) is 26.3. The predicted octanol–water partition coefficient (Wildman–Crippen LogP) is 5.18. The minimum atomic E-state index is -1.82. The number of hydrogen-bond donors (Lipinski definition) is 0. The first kappa shape index (κ1) is 24.2. The molecule has 2 aliphatic heterocycles. The first-order valence-electron chi connectivity index (χ1n) is 11.4. The molecule has 3 aromatic carbocycles. The van der Waals surface area contributed by atoms with Gasteiger partial charge >= 0.3 is 5.97 Å². The van der Waals surface area contributed by atoms with E-state index < -0.39 is 34.3 Å². The molecule has 0 aromatic heterocycles. The number of fused-ring (bicyclic) bond motifs is 3. The Bertz CT molecular complexity index is 1480. The summed E-state index contributed by atoms with van der Waals surface area (Å²) in [6.45, 7) is 0. The molecule has 0 amide bonds. The van der Waals surface area contributed by atoms with Gasteiger partial charge < -0.3 is 9.64 Å². The smallest absolute Gasteiger partial charge is 0.329 e. The fraction of sp³-hybridized carbons (Fsp3) is 0.179. The number of anilines is 1. The third-order valence-corrected chi connectivity index (χ3v) is 7.37. The fourth-order valence-corrected chi connectivity index (χ4v) is 5.62. The maximum Gasteiger partial charge on any atom is 0.329 e. The quantitative estimate of drug-likeness (QED) is 0.200. The monoisotopic (exact) mass is 513 g/mol. The van der Waals surface area contributed by atoms with Crippen molar-refractivity contribution in [2.75, 3.05) is 12.0 Å². The van der Waals surface area contributed by atoms with Crippen molar-refractivity contribution in [2.24, 2.45) is 5.41 Å². The molecule has 0 saturated carbocycles. The molecule has 9 heteroatoms. The third kappa shape index (κ3) is 3.67. The third-order valence-electron chi connectivity index (χ3n) is 7.11. The lowest BCUT2D eigenvalue weighted by atomic mass is 9.68. The molecule has 5 rings (SSSR count). The highest BCUT2D eigenvalue weighted by atomic mass is 35.5. The van der Waals surface area contributed by atoms with Crippen LogP contribution in [0.25, 0.3) is 6.08 Å². The number of carbonyl (C=O) groups is 2. The summed E-state index contributed by atoms with van der Waals surface area (Å²) >= 11 is 6.06. The number of nitro benzene ring substituents is 1. The van der Waals surface area contributed by atoms with E-state index in [9.17, 15) is 25.0 Å². The largest absolute Gasteiger partial charge is 0.468 e. The zero-order valence-electron chi connectivity index (χ0n) is 19.6. The number of benzene rings is 3. The maximum absolute atomic E-state index is 14.2. The average Bonchev–Trinajstić information content (AvgIpc) is 3.24. The summed E-state index contributed by atoms with van der Waals surface area (Å²) < 4.78 is 5.17. The zero-order valence-corrected chi connectivity index (χ0v) is 20.3. The highest BCUT2D eigenvalue weighted by Crippen LogP contribution is 2.56. The molecule has 3 aromatic rings. The van der Waals surface area contributed by atoms with Gasteiger partial charge in [-0.3, -0.25) is 19.7 Å². The predicted molar refractivity (Wildman–Crippen MR) is 137 cm³/mol. The Balaban J connectivity index is 1.80. The molecule has 0 unspecified atom stereocenters. The number of ether oxygens (including phenoxy) is 1. The normalized spacial score (nSPS) is 23.5. The average molecular weight is 514 g/mol. The summed E-state index contributed by atoms with van der Waals surface area (Å²) in [4.78, 5) is 40.3. The fourth-order valence-electron chi connectivity index (χ4n) is 5.50. The minimum Gasteiger partial charge on any atom is -0.468 e. The van der Waals surface area contributed by atoms with Crippen LogP contribution in [-0.2, 0) is 9.53 Å². The van der Waals surface area contributed by atoms with Crippen molar-refractivity contribution >= 4 is 40.8 Å². The first-order chi connectivity index (χ1) is 17.8. The van der Waals surface area contributed by atoms with E-state index in [0.717, 1.165) is 5.56 Å². The number of hydrogen-bond acceptors (Lipinski definition) is 7. The number of rotatable bonds is 5. The number of esters is 1. The van der Waals surface area contributed by atoms with Crippen molar-refractivity contribution in [1.29, 1.82) is 5.26 Å². The second-order valence-corrected chi connectivity index (χ2v) is 9.32. The minimum absolute atomic E-state index is 0.147. The van der Waals surface area contributed by atoms with Crippen LogP contribution in [0.5, 0.6) is 0 Å². The van der Waals surface area contributed by atoms with E-state index in [1.54, 1.807) is 35.2 Å². The Labute approximate surface area is 217 Å². The Morgan fingerprint density at radius 3 is 2.38 bits per heavy atom. The molecule has 1 fully saturated rings. The molecule has 8 nitrogen and oxygen atoms in total. The molecule has 0 bridgehead atoms. The van der Waals surface area contributed by atoms with Gasteiger partial charge in [-0.15, -0.1) is 0 Å². The summed E-state index contributed by atoms with van der Waals surface area (Å²) in [5, 5.41) is 22.4. The van der Waals surface area contributed by atoms with Gasteiger partial charge in [0.1, 0.15) is 6.04 Å². The molecule has 2 aliphatic rings. The van der Waals surface area contributed by atoms with E-state index in [0.29, 0.717) is 21.8 Å². The highest BCUT2D eigenvalue weighted by Gasteiger charge is 2.67. The van der Waals surface area contributed by atoms with Gasteiger partial charge in [0.15, 0.2) is 11.2 Å². The van der Waals surface area contributed by atoms with Crippen LogP contribution in [0.4, 0.5) is 11.4 Å². The molecule has 184 valence electrons. The van der Waals surface area contributed by atoms with Crippen LogP contribution in [0.1, 0.15) is 27.4 Å². The van der Waals surface area contributed by atoms with Crippen LogP contribution in [0.3, 0.4) is 0 Å². The second kappa shape index (κ2) is 9.19. The van der Waals surface area contributed by atoms with Gasteiger partial charge in [-0.25, -0.2) is 0 Å². The molecule has 2 heterocycles. The van der Waals surface area contributed by atoms with E-state index in [1.807, 2.05) is 30.3 Å². The molecule has 0 N–H and O–H groups in total. The first-order valence-corrected chi connectivity index (χ1v) is 11.8. The standard InChI is InChI=1S/C28H20ClN3O5/c1-37-27(34)28(16-30)23-15-10-17-4-2-3-5-22(17)31(23)25(26(33)19-6-11-20(29)12-7-19)24(28)18-8-13-21(14-9-18)32(35)36/h2-15,23-25H,1H3/t23-,24-,25+,28+/m0/s1. The van der Waals surface area contributed by atoms with Gasteiger partial charge in [-0.05, 0) is 41.5 Å².